The minimum atomic E-state index is -2.39. The first-order chi connectivity index (χ1) is 24.6. The molecule has 4 rings (SSSR count). The van der Waals surface area contributed by atoms with E-state index in [9.17, 15) is 39.3 Å². The summed E-state index contributed by atoms with van der Waals surface area (Å²) in [5.74, 6) is -5.22. The van der Waals surface area contributed by atoms with Crippen LogP contribution in [0.15, 0.2) is 29.6 Å². The van der Waals surface area contributed by atoms with Gasteiger partial charge >= 0.3 is 23.9 Å². The van der Waals surface area contributed by atoms with Gasteiger partial charge in [-0.1, -0.05) is 18.5 Å². The van der Waals surface area contributed by atoms with Crippen LogP contribution in [-0.4, -0.2) is 57.7 Å². The fraction of sp³-hybridized carbons (Fsp3) is 0.325. The van der Waals surface area contributed by atoms with Crippen molar-refractivity contribution in [3.8, 4) is 23.0 Å². The number of phenols is 1. The van der Waals surface area contributed by atoms with Crippen LogP contribution < -0.4 is 14.2 Å². The van der Waals surface area contributed by atoms with Gasteiger partial charge in [0.1, 0.15) is 34.3 Å². The summed E-state index contributed by atoms with van der Waals surface area (Å²) in [6.07, 6.45) is 2.45. The molecule has 0 saturated heterocycles. The number of aryl methyl sites for hydroxylation is 1. The number of hydrogen-bond acceptors (Lipinski definition) is 11. The topological polar surface area (TPSA) is 183 Å². The third kappa shape index (κ3) is 6.80. The van der Waals surface area contributed by atoms with Crippen molar-refractivity contribution in [1.29, 1.82) is 0 Å². The number of aliphatic hydroxyl groups is 1. The van der Waals surface area contributed by atoms with Crippen LogP contribution in [-0.2, 0) is 20.7 Å². The number of carboxylic acids is 1. The second-order valence-corrected chi connectivity index (χ2v) is 13.3. The molecule has 13 heteroatoms. The van der Waals surface area contributed by atoms with Crippen molar-refractivity contribution in [3.05, 3.63) is 101 Å². The molecule has 0 aromatic heterocycles. The van der Waals surface area contributed by atoms with Crippen molar-refractivity contribution in [2.75, 3.05) is 7.11 Å². The average Bonchev–Trinajstić information content (AvgIpc) is 3.08. The molecule has 3 aromatic rings. The Morgan fingerprint density at radius 2 is 1.30 bits per heavy atom. The minimum Gasteiger partial charge on any atom is -0.507 e. The lowest BCUT2D eigenvalue weighted by molar-refractivity contribution is -0.151. The zero-order chi connectivity index (χ0) is 40.0. The van der Waals surface area contributed by atoms with Gasteiger partial charge in [-0.2, -0.15) is 0 Å². The van der Waals surface area contributed by atoms with E-state index in [4.69, 9.17) is 30.5 Å². The molecule has 3 N–H and O–H groups in total. The van der Waals surface area contributed by atoms with Gasteiger partial charge in [-0.15, -0.1) is 0 Å². The summed E-state index contributed by atoms with van der Waals surface area (Å²) in [7, 11) is 1.20. The molecule has 3 aromatic carbocycles. The maximum Gasteiger partial charge on any atom is 0.356 e. The molecule has 0 bridgehead atoms. The predicted octanol–water partition coefficient (Wildman–Crippen LogP) is 6.91. The molecule has 1 aliphatic carbocycles. The van der Waals surface area contributed by atoms with Crippen LogP contribution in [0.25, 0.3) is 0 Å². The number of rotatable bonds is 9. The third-order valence-electron chi connectivity index (χ3n) is 9.89. The SMILES string of the molecule is CCc1c(C)c(C(=O)O)c(C)c(C)c1OC(=O)c1c(C)cc(OC(=O)c2c(C)c(C)c(OC(=O)[C@@]3(O)C(C)=CC(=O)C=C3OC)c(C)c2Cl)c(C)c1O. The molecule has 0 saturated carbocycles. The van der Waals surface area contributed by atoms with Crippen LogP contribution in [0.5, 0.6) is 23.0 Å². The number of ether oxygens (including phenoxy) is 4. The zero-order valence-corrected chi connectivity index (χ0v) is 32.1. The van der Waals surface area contributed by atoms with Gasteiger partial charge in [0.25, 0.3) is 0 Å². The highest BCUT2D eigenvalue weighted by atomic mass is 35.5. The van der Waals surface area contributed by atoms with Crippen molar-refractivity contribution in [2.45, 2.75) is 81.3 Å². The quantitative estimate of drug-likeness (QED) is 0.152. The number of aromatic carboxylic acids is 1. The number of halogens is 1. The second kappa shape index (κ2) is 14.9. The first-order valence-corrected chi connectivity index (χ1v) is 16.9. The Bertz CT molecular complexity index is 2180. The third-order valence-corrected chi connectivity index (χ3v) is 10.4. The van der Waals surface area contributed by atoms with E-state index in [1.54, 1.807) is 34.6 Å². The minimum absolute atomic E-state index is 0.0150. The molecule has 1 aliphatic rings. The molecular weight excluding hydrogens is 708 g/mol. The highest BCUT2D eigenvalue weighted by Crippen LogP contribution is 2.41. The molecule has 0 fully saturated rings. The summed E-state index contributed by atoms with van der Waals surface area (Å²) >= 11 is 6.69. The largest absolute Gasteiger partial charge is 0.507 e. The van der Waals surface area contributed by atoms with Crippen molar-refractivity contribution in [2.24, 2.45) is 0 Å². The van der Waals surface area contributed by atoms with Gasteiger partial charge in [0, 0.05) is 17.2 Å². The van der Waals surface area contributed by atoms with Gasteiger partial charge in [-0.25, -0.2) is 19.2 Å². The second-order valence-electron chi connectivity index (χ2n) is 13.0. The molecular formula is C40H41ClO12. The van der Waals surface area contributed by atoms with Crippen LogP contribution in [0, 0.1) is 55.4 Å². The maximum atomic E-state index is 13.7. The van der Waals surface area contributed by atoms with Crippen molar-refractivity contribution in [3.63, 3.8) is 0 Å². The number of ketones is 1. The number of benzene rings is 3. The first-order valence-electron chi connectivity index (χ1n) is 16.5. The van der Waals surface area contributed by atoms with Gasteiger partial charge in [-0.05, 0) is 125 Å². The van der Waals surface area contributed by atoms with E-state index in [-0.39, 0.29) is 72.5 Å². The van der Waals surface area contributed by atoms with Crippen molar-refractivity contribution in [1.82, 2.24) is 0 Å². The predicted molar refractivity (Wildman–Crippen MR) is 195 cm³/mol. The summed E-state index contributed by atoms with van der Waals surface area (Å²) in [6.45, 7) is 15.7. The van der Waals surface area contributed by atoms with E-state index in [0.717, 1.165) is 12.2 Å². The van der Waals surface area contributed by atoms with Crippen molar-refractivity contribution >= 4 is 41.3 Å². The highest BCUT2D eigenvalue weighted by Gasteiger charge is 2.48. The molecule has 53 heavy (non-hydrogen) atoms. The van der Waals surface area contributed by atoms with E-state index in [2.05, 4.69) is 0 Å². The Morgan fingerprint density at radius 3 is 1.87 bits per heavy atom. The monoisotopic (exact) mass is 748 g/mol. The Morgan fingerprint density at radius 1 is 0.736 bits per heavy atom. The Hall–Kier alpha value is -5.46. The first kappa shape index (κ1) is 40.3. The number of aromatic hydroxyl groups is 1. The number of allylic oxidation sites excluding steroid dienone is 2. The van der Waals surface area contributed by atoms with E-state index < -0.39 is 41.0 Å². The number of carboxylic acid groups (broad SMARTS) is 1. The number of carbonyl (C=O) groups is 5. The number of esters is 3. The van der Waals surface area contributed by atoms with E-state index in [1.807, 2.05) is 6.92 Å². The molecule has 0 radical (unpaired) electrons. The van der Waals surface area contributed by atoms with Crippen molar-refractivity contribution < 1.29 is 58.2 Å². The van der Waals surface area contributed by atoms with Crippen LogP contribution in [0.3, 0.4) is 0 Å². The summed E-state index contributed by atoms with van der Waals surface area (Å²) < 4.78 is 22.3. The van der Waals surface area contributed by atoms with Crippen LogP contribution in [0.1, 0.15) is 95.0 Å². The Balaban J connectivity index is 1.67. The molecule has 280 valence electrons. The van der Waals surface area contributed by atoms with E-state index in [1.165, 1.54) is 40.9 Å². The lowest BCUT2D eigenvalue weighted by Crippen LogP contribution is -2.47. The van der Waals surface area contributed by atoms with E-state index in [0.29, 0.717) is 34.2 Å². The zero-order valence-electron chi connectivity index (χ0n) is 31.3. The van der Waals surface area contributed by atoms with Crippen LogP contribution >= 0.6 is 11.6 Å². The lowest BCUT2D eigenvalue weighted by Gasteiger charge is -2.30. The summed E-state index contributed by atoms with van der Waals surface area (Å²) in [6, 6.07) is 1.40. The number of hydrogen-bond donors (Lipinski definition) is 3. The molecule has 0 unspecified atom stereocenters. The normalized spacial score (nSPS) is 15.4. The van der Waals surface area contributed by atoms with Gasteiger partial charge < -0.3 is 34.3 Å². The van der Waals surface area contributed by atoms with Crippen LogP contribution in [0.4, 0.5) is 0 Å². The van der Waals surface area contributed by atoms with Gasteiger partial charge in [0.05, 0.1) is 23.3 Å². The van der Waals surface area contributed by atoms with Gasteiger partial charge in [0.15, 0.2) is 5.78 Å². The van der Waals surface area contributed by atoms with Crippen LogP contribution in [0.2, 0.25) is 5.02 Å². The molecule has 0 amide bonds. The summed E-state index contributed by atoms with van der Waals surface area (Å²) in [5, 5.41) is 32.2. The molecule has 0 heterocycles. The molecule has 1 atom stereocenters. The molecule has 0 spiro atoms. The highest BCUT2D eigenvalue weighted by molar-refractivity contribution is 6.35. The average molecular weight is 749 g/mol. The number of phenolic OH excluding ortho intramolecular Hbond substituents is 1. The lowest BCUT2D eigenvalue weighted by atomic mass is 9.87. The smallest absolute Gasteiger partial charge is 0.356 e. The summed E-state index contributed by atoms with van der Waals surface area (Å²) in [4.78, 5) is 64.6. The summed E-state index contributed by atoms with van der Waals surface area (Å²) in [5.41, 5.74) is 0.491. The standard InChI is InChI=1S/C40H41ClO12/c1-12-26-22(8)30(36(44)45)18(4)21(7)35(26)52-37(46)29-16(2)13-27(23(9)33(29)43)51-38(47)31-19(5)20(6)34(24(10)32(31)41)53-39(48)40(49)17(3)14-25(42)15-28(40)50-11/h13-15,43,49H,12H2,1-11H3,(H,44,45)/t40-/m1/s1. The number of methoxy groups -OCH3 is 1. The van der Waals surface area contributed by atoms with Gasteiger partial charge in [0.2, 0.25) is 5.60 Å². The Kier molecular flexibility index (Phi) is 11.3. The van der Waals surface area contributed by atoms with Gasteiger partial charge in [-0.3, -0.25) is 4.79 Å². The maximum absolute atomic E-state index is 13.7. The Labute approximate surface area is 311 Å². The van der Waals surface area contributed by atoms with E-state index >= 15 is 0 Å². The fourth-order valence-electron chi connectivity index (χ4n) is 6.51. The molecule has 0 aliphatic heterocycles. The molecule has 12 nitrogen and oxygen atoms in total. The number of carbonyl (C=O) groups excluding carboxylic acids is 4. The fourth-order valence-corrected chi connectivity index (χ4v) is 6.81.